The average Bonchev–Trinajstić information content (AvgIpc) is 2.78. The highest BCUT2D eigenvalue weighted by molar-refractivity contribution is 5.63. The molecule has 0 aliphatic rings. The molecule has 7 nitrogen and oxygen atoms in total. The van der Waals surface area contributed by atoms with Gasteiger partial charge < -0.3 is 9.84 Å². The Morgan fingerprint density at radius 2 is 2.28 bits per heavy atom. The van der Waals surface area contributed by atoms with Crippen molar-refractivity contribution in [3.05, 3.63) is 39.8 Å². The van der Waals surface area contributed by atoms with Crippen LogP contribution in [0, 0.1) is 17.0 Å². The van der Waals surface area contributed by atoms with Crippen LogP contribution in [0.15, 0.2) is 22.7 Å². The number of hydrogen-bond acceptors (Lipinski definition) is 6. The predicted molar refractivity (Wildman–Crippen MR) is 63.9 cm³/mol. The molecule has 0 bridgehead atoms. The van der Waals surface area contributed by atoms with Crippen LogP contribution >= 0.6 is 0 Å². The molecule has 0 saturated carbocycles. The Morgan fingerprint density at radius 3 is 2.94 bits per heavy atom. The number of nitro groups is 1. The zero-order valence-corrected chi connectivity index (χ0v) is 10.0. The summed E-state index contributed by atoms with van der Waals surface area (Å²) >= 11 is 0. The minimum Gasteiger partial charge on any atom is -0.338 e. The summed E-state index contributed by atoms with van der Waals surface area (Å²) in [7, 11) is 1.77. The number of nitro benzene ring substituents is 1. The maximum absolute atomic E-state index is 10.7. The molecule has 0 aliphatic heterocycles. The molecule has 1 aromatic heterocycles. The van der Waals surface area contributed by atoms with Gasteiger partial charge in [0.25, 0.3) is 5.69 Å². The maximum Gasteiger partial charge on any atom is 0.270 e. The van der Waals surface area contributed by atoms with Gasteiger partial charge in [-0.3, -0.25) is 10.1 Å². The number of aromatic nitrogens is 2. The summed E-state index contributed by atoms with van der Waals surface area (Å²) in [6.07, 6.45) is 0. The fourth-order valence-electron chi connectivity index (χ4n) is 1.55. The molecule has 0 amide bonds. The second-order valence-electron chi connectivity index (χ2n) is 3.80. The quantitative estimate of drug-likeness (QED) is 0.653. The van der Waals surface area contributed by atoms with Crippen molar-refractivity contribution in [1.82, 2.24) is 15.5 Å². The van der Waals surface area contributed by atoms with Gasteiger partial charge in [-0.2, -0.15) is 4.98 Å². The van der Waals surface area contributed by atoms with Crippen LogP contribution in [-0.4, -0.2) is 22.1 Å². The Bertz CT molecular complexity index is 579. The lowest BCUT2D eigenvalue weighted by molar-refractivity contribution is -0.384. The molecule has 1 aromatic carbocycles. The first-order chi connectivity index (χ1) is 8.61. The topological polar surface area (TPSA) is 94.1 Å². The van der Waals surface area contributed by atoms with Gasteiger partial charge in [-0.05, 0) is 19.5 Å². The SMILES string of the molecule is CNCc1nc(-c2cc([N+](=O)[O-])ccc2C)no1. The normalized spacial score (nSPS) is 10.6. The molecule has 0 atom stereocenters. The van der Waals surface area contributed by atoms with E-state index in [-0.39, 0.29) is 5.69 Å². The number of benzene rings is 1. The lowest BCUT2D eigenvalue weighted by atomic mass is 10.1. The van der Waals surface area contributed by atoms with Gasteiger partial charge in [-0.25, -0.2) is 0 Å². The van der Waals surface area contributed by atoms with Crippen LogP contribution in [0.4, 0.5) is 5.69 Å². The third-order valence-corrected chi connectivity index (χ3v) is 2.47. The molecule has 1 heterocycles. The highest BCUT2D eigenvalue weighted by atomic mass is 16.6. The average molecular weight is 248 g/mol. The standard InChI is InChI=1S/C11H12N4O3/c1-7-3-4-8(15(16)17)5-9(7)11-13-10(6-12-2)18-14-11/h3-5,12H,6H2,1-2H3. The van der Waals surface area contributed by atoms with Crippen molar-refractivity contribution in [2.75, 3.05) is 7.05 Å². The lowest BCUT2D eigenvalue weighted by Crippen LogP contribution is -2.04. The van der Waals surface area contributed by atoms with E-state index in [0.717, 1.165) is 5.56 Å². The first-order valence-electron chi connectivity index (χ1n) is 5.34. The number of aryl methyl sites for hydroxylation is 1. The molecular formula is C11H12N4O3. The number of nitrogens with one attached hydrogen (secondary N) is 1. The molecule has 0 saturated heterocycles. The summed E-state index contributed by atoms with van der Waals surface area (Å²) in [5, 5.41) is 17.4. The van der Waals surface area contributed by atoms with Gasteiger partial charge in [-0.15, -0.1) is 0 Å². The van der Waals surface area contributed by atoms with Gasteiger partial charge in [-0.1, -0.05) is 11.2 Å². The second-order valence-corrected chi connectivity index (χ2v) is 3.80. The molecule has 0 spiro atoms. The number of nitrogens with zero attached hydrogens (tertiary/aromatic N) is 3. The Labute approximate surface area is 103 Å². The monoisotopic (exact) mass is 248 g/mol. The zero-order chi connectivity index (χ0) is 13.1. The van der Waals surface area contributed by atoms with Gasteiger partial charge in [0.05, 0.1) is 11.5 Å². The van der Waals surface area contributed by atoms with Crippen LogP contribution in [0.1, 0.15) is 11.5 Å². The van der Waals surface area contributed by atoms with Crippen LogP contribution in [0.3, 0.4) is 0 Å². The van der Waals surface area contributed by atoms with Crippen molar-refractivity contribution >= 4 is 5.69 Å². The molecule has 0 fully saturated rings. The highest BCUT2D eigenvalue weighted by Crippen LogP contribution is 2.25. The number of hydrogen-bond donors (Lipinski definition) is 1. The predicted octanol–water partition coefficient (Wildman–Crippen LogP) is 1.67. The highest BCUT2D eigenvalue weighted by Gasteiger charge is 2.14. The van der Waals surface area contributed by atoms with Gasteiger partial charge in [0, 0.05) is 17.7 Å². The molecular weight excluding hydrogens is 236 g/mol. The van der Waals surface area contributed by atoms with Gasteiger partial charge in [0.1, 0.15) is 0 Å². The summed E-state index contributed by atoms with van der Waals surface area (Å²) in [4.78, 5) is 14.5. The van der Waals surface area contributed by atoms with Crippen LogP contribution in [0.5, 0.6) is 0 Å². The Balaban J connectivity index is 2.41. The zero-order valence-electron chi connectivity index (χ0n) is 10.0. The van der Waals surface area contributed by atoms with E-state index in [1.54, 1.807) is 13.1 Å². The summed E-state index contributed by atoms with van der Waals surface area (Å²) < 4.78 is 5.02. The van der Waals surface area contributed by atoms with Gasteiger partial charge >= 0.3 is 0 Å². The van der Waals surface area contributed by atoms with Crippen molar-refractivity contribution in [1.29, 1.82) is 0 Å². The molecule has 2 aromatic rings. The smallest absolute Gasteiger partial charge is 0.270 e. The van der Waals surface area contributed by atoms with Crippen molar-refractivity contribution in [3.8, 4) is 11.4 Å². The molecule has 0 radical (unpaired) electrons. The molecule has 1 N–H and O–H groups in total. The molecule has 94 valence electrons. The van der Waals surface area contributed by atoms with E-state index in [1.165, 1.54) is 12.1 Å². The van der Waals surface area contributed by atoms with E-state index >= 15 is 0 Å². The summed E-state index contributed by atoms with van der Waals surface area (Å²) in [5.74, 6) is 0.805. The largest absolute Gasteiger partial charge is 0.338 e. The van der Waals surface area contributed by atoms with Crippen molar-refractivity contribution in [3.63, 3.8) is 0 Å². The fourth-order valence-corrected chi connectivity index (χ4v) is 1.55. The first-order valence-corrected chi connectivity index (χ1v) is 5.34. The van der Waals surface area contributed by atoms with Crippen LogP contribution in [-0.2, 0) is 6.54 Å². The van der Waals surface area contributed by atoms with Crippen molar-refractivity contribution < 1.29 is 9.45 Å². The van der Waals surface area contributed by atoms with Crippen molar-refractivity contribution in [2.24, 2.45) is 0 Å². The molecule has 18 heavy (non-hydrogen) atoms. The van der Waals surface area contributed by atoms with Crippen molar-refractivity contribution in [2.45, 2.75) is 13.5 Å². The third-order valence-electron chi connectivity index (χ3n) is 2.47. The van der Waals surface area contributed by atoms with E-state index in [1.807, 2.05) is 6.92 Å². The maximum atomic E-state index is 10.7. The molecule has 0 unspecified atom stereocenters. The van der Waals surface area contributed by atoms with E-state index in [4.69, 9.17) is 4.52 Å². The van der Waals surface area contributed by atoms with E-state index in [9.17, 15) is 10.1 Å². The number of non-ortho nitro benzene ring substituents is 1. The minimum atomic E-state index is -0.447. The third kappa shape index (κ3) is 2.35. The lowest BCUT2D eigenvalue weighted by Gasteiger charge is -2.00. The van der Waals surface area contributed by atoms with Crippen LogP contribution in [0.2, 0.25) is 0 Å². The van der Waals surface area contributed by atoms with Gasteiger partial charge in [0.15, 0.2) is 0 Å². The Morgan fingerprint density at radius 1 is 1.50 bits per heavy atom. The summed E-state index contributed by atoms with van der Waals surface area (Å²) in [6, 6.07) is 4.57. The second kappa shape index (κ2) is 4.92. The summed E-state index contributed by atoms with van der Waals surface area (Å²) in [6.45, 7) is 2.30. The molecule has 7 heteroatoms. The molecule has 0 aliphatic carbocycles. The van der Waals surface area contributed by atoms with E-state index in [2.05, 4.69) is 15.5 Å². The summed E-state index contributed by atoms with van der Waals surface area (Å²) in [5.41, 5.74) is 1.48. The fraction of sp³-hybridized carbons (Fsp3) is 0.273. The van der Waals surface area contributed by atoms with E-state index < -0.39 is 4.92 Å². The number of rotatable bonds is 4. The van der Waals surface area contributed by atoms with Gasteiger partial charge in [0.2, 0.25) is 11.7 Å². The Kier molecular flexibility index (Phi) is 3.33. The first kappa shape index (κ1) is 12.2. The molecule has 2 rings (SSSR count). The Hall–Kier alpha value is -2.28. The minimum absolute atomic E-state index is 0.00978. The van der Waals surface area contributed by atoms with Crippen LogP contribution < -0.4 is 5.32 Å². The van der Waals surface area contributed by atoms with E-state index in [0.29, 0.717) is 23.8 Å². The van der Waals surface area contributed by atoms with Crippen LogP contribution in [0.25, 0.3) is 11.4 Å².